The number of fused-ring (bicyclic) bond motifs is 3. The van der Waals surface area contributed by atoms with Gasteiger partial charge in [-0.2, -0.15) is 0 Å². The lowest BCUT2D eigenvalue weighted by Crippen LogP contribution is -2.67. The van der Waals surface area contributed by atoms with Gasteiger partial charge in [0.25, 0.3) is 0 Å². The summed E-state index contributed by atoms with van der Waals surface area (Å²) < 4.78 is 61.8. The molecule has 10 atom stereocenters. The van der Waals surface area contributed by atoms with E-state index in [9.17, 15) is 19.2 Å². The summed E-state index contributed by atoms with van der Waals surface area (Å²) in [7, 11) is 0. The van der Waals surface area contributed by atoms with Crippen LogP contribution < -0.4 is 5.32 Å². The lowest BCUT2D eigenvalue weighted by Gasteiger charge is -2.45. The number of esters is 3. The van der Waals surface area contributed by atoms with E-state index in [0.29, 0.717) is 0 Å². The Labute approximate surface area is 280 Å². The van der Waals surface area contributed by atoms with Gasteiger partial charge in [0.2, 0.25) is 3.79 Å². The molecule has 16 nitrogen and oxygen atoms in total. The maximum absolute atomic E-state index is 12.8. The van der Waals surface area contributed by atoms with Gasteiger partial charge in [-0.15, -0.1) is 0 Å². The number of carbonyl (C=O) groups excluding carboxylic acids is 4. The standard InChI is InChI=1S/C27H38Cl3NO15/c1-11(32)36-8-14-17(39-12(2)33)19(40-13(3)34)16(31-24(35)38-10-27(28,29)30)22(41-14)37-9-15-18-20(44-25(4,5)43-18)21-23(42-15)46-26(6,7)45-21/h14-23H,8-10H2,1-7H3,(H,31,35)/t14-,15-,16-,17-,18+,19-,20+,21-,22?,23-/m1/s1. The van der Waals surface area contributed by atoms with Crippen LogP contribution >= 0.6 is 34.8 Å². The van der Waals surface area contributed by atoms with E-state index in [4.69, 9.17) is 86.9 Å². The van der Waals surface area contributed by atoms with E-state index in [-0.39, 0.29) is 6.61 Å². The highest BCUT2D eigenvalue weighted by molar-refractivity contribution is 6.67. The summed E-state index contributed by atoms with van der Waals surface area (Å²) in [5.74, 6) is -4.21. The Balaban J connectivity index is 1.62. The van der Waals surface area contributed by atoms with Crippen molar-refractivity contribution in [2.45, 2.75) is 125 Å². The average Bonchev–Trinajstić information content (AvgIpc) is 3.40. The Hall–Kier alpha value is -1.73. The fourth-order valence-corrected chi connectivity index (χ4v) is 5.70. The number of hydrogen-bond acceptors (Lipinski definition) is 15. The topological polar surface area (TPSA) is 182 Å². The van der Waals surface area contributed by atoms with Crippen LogP contribution in [0, 0.1) is 0 Å². The van der Waals surface area contributed by atoms with Crippen molar-refractivity contribution in [3.8, 4) is 0 Å². The highest BCUT2D eigenvalue weighted by atomic mass is 35.6. The van der Waals surface area contributed by atoms with Crippen LogP contribution in [0.3, 0.4) is 0 Å². The van der Waals surface area contributed by atoms with Gasteiger partial charge in [0.1, 0.15) is 49.8 Å². The molecule has 0 saturated carbocycles. The minimum absolute atomic E-state index is 0.245. The van der Waals surface area contributed by atoms with Gasteiger partial charge >= 0.3 is 24.0 Å². The summed E-state index contributed by atoms with van der Waals surface area (Å²) >= 11 is 17.1. The minimum atomic E-state index is -1.94. The third kappa shape index (κ3) is 9.67. The highest BCUT2D eigenvalue weighted by Crippen LogP contribution is 2.44. The van der Waals surface area contributed by atoms with E-state index < -0.39 is 114 Å². The Morgan fingerprint density at radius 1 is 0.717 bits per heavy atom. The Kier molecular flexibility index (Phi) is 11.6. The molecule has 0 aliphatic carbocycles. The smallest absolute Gasteiger partial charge is 0.407 e. The number of rotatable bonds is 9. The quantitative estimate of drug-likeness (QED) is 0.207. The molecule has 19 heteroatoms. The van der Waals surface area contributed by atoms with Crippen LogP contribution in [0.4, 0.5) is 4.79 Å². The Morgan fingerprint density at radius 3 is 1.91 bits per heavy atom. The molecule has 4 fully saturated rings. The summed E-state index contributed by atoms with van der Waals surface area (Å²) in [6.07, 6.45) is -10.2. The van der Waals surface area contributed by atoms with Crippen molar-refractivity contribution in [3.05, 3.63) is 0 Å². The van der Waals surface area contributed by atoms with Crippen molar-refractivity contribution < 1.29 is 71.3 Å². The van der Waals surface area contributed by atoms with Crippen LogP contribution in [0.2, 0.25) is 0 Å². The summed E-state index contributed by atoms with van der Waals surface area (Å²) in [4.78, 5) is 48.9. The molecule has 1 N–H and O–H groups in total. The van der Waals surface area contributed by atoms with E-state index in [2.05, 4.69) is 5.32 Å². The molecule has 1 unspecified atom stereocenters. The van der Waals surface area contributed by atoms with Gasteiger partial charge in [-0.05, 0) is 27.7 Å². The first-order valence-electron chi connectivity index (χ1n) is 14.4. The van der Waals surface area contributed by atoms with Crippen molar-refractivity contribution >= 4 is 58.8 Å². The van der Waals surface area contributed by atoms with Crippen molar-refractivity contribution in [3.63, 3.8) is 0 Å². The Bertz CT molecular complexity index is 1150. The third-order valence-electron chi connectivity index (χ3n) is 7.03. The number of amides is 1. The van der Waals surface area contributed by atoms with E-state index >= 15 is 0 Å². The van der Waals surface area contributed by atoms with Crippen LogP contribution in [0.5, 0.6) is 0 Å². The third-order valence-corrected chi connectivity index (χ3v) is 7.36. The predicted octanol–water partition coefficient (Wildman–Crippen LogP) is 2.02. The zero-order valence-electron chi connectivity index (χ0n) is 26.2. The molecule has 0 bridgehead atoms. The maximum atomic E-state index is 12.8. The number of hydrogen-bond donors (Lipinski definition) is 1. The number of ether oxygens (including phenoxy) is 11. The zero-order valence-corrected chi connectivity index (χ0v) is 28.4. The van der Waals surface area contributed by atoms with Crippen molar-refractivity contribution in [1.29, 1.82) is 0 Å². The molecule has 0 aromatic carbocycles. The fraction of sp³-hybridized carbons (Fsp3) is 0.852. The van der Waals surface area contributed by atoms with E-state index in [1.54, 1.807) is 27.7 Å². The summed E-state index contributed by atoms with van der Waals surface area (Å²) in [6, 6.07) is -1.39. The monoisotopic (exact) mass is 721 g/mol. The fourth-order valence-electron chi connectivity index (χ4n) is 5.54. The first-order chi connectivity index (χ1) is 21.2. The molecule has 46 heavy (non-hydrogen) atoms. The molecule has 4 rings (SSSR count). The molecular formula is C27H38Cl3NO15. The van der Waals surface area contributed by atoms with Gasteiger partial charge in [0.15, 0.2) is 36.4 Å². The van der Waals surface area contributed by atoms with E-state index in [1.807, 2.05) is 0 Å². The lowest BCUT2D eigenvalue weighted by molar-refractivity contribution is -0.296. The molecule has 4 aliphatic rings. The second-order valence-corrected chi connectivity index (χ2v) is 14.4. The molecule has 0 radical (unpaired) electrons. The second-order valence-electron chi connectivity index (χ2n) is 11.9. The maximum Gasteiger partial charge on any atom is 0.407 e. The first-order valence-corrected chi connectivity index (χ1v) is 15.5. The average molecular weight is 723 g/mol. The zero-order chi connectivity index (χ0) is 34.2. The van der Waals surface area contributed by atoms with Crippen molar-refractivity contribution in [2.24, 2.45) is 0 Å². The van der Waals surface area contributed by atoms with E-state index in [0.717, 1.165) is 20.8 Å². The number of alkyl carbamates (subject to hydrolysis) is 1. The molecular weight excluding hydrogens is 685 g/mol. The van der Waals surface area contributed by atoms with E-state index in [1.165, 1.54) is 0 Å². The van der Waals surface area contributed by atoms with Crippen LogP contribution in [0.15, 0.2) is 0 Å². The Morgan fingerprint density at radius 2 is 1.30 bits per heavy atom. The number of halogens is 3. The largest absolute Gasteiger partial charge is 0.463 e. The second kappa shape index (κ2) is 14.4. The van der Waals surface area contributed by atoms with Gasteiger partial charge in [-0.1, -0.05) is 34.8 Å². The summed E-state index contributed by atoms with van der Waals surface area (Å²) in [5.41, 5.74) is 0. The number of alkyl halides is 3. The molecule has 1 amide bonds. The van der Waals surface area contributed by atoms with Gasteiger partial charge in [-0.3, -0.25) is 14.4 Å². The van der Waals surface area contributed by atoms with Gasteiger partial charge in [0, 0.05) is 20.8 Å². The molecule has 4 saturated heterocycles. The molecule has 262 valence electrons. The van der Waals surface area contributed by atoms with Gasteiger partial charge in [0.05, 0.1) is 6.61 Å². The predicted molar refractivity (Wildman–Crippen MR) is 153 cm³/mol. The highest BCUT2D eigenvalue weighted by Gasteiger charge is 2.61. The lowest BCUT2D eigenvalue weighted by atomic mass is 9.96. The molecule has 0 aromatic heterocycles. The number of carbonyl (C=O) groups is 4. The van der Waals surface area contributed by atoms with Crippen LogP contribution in [0.25, 0.3) is 0 Å². The minimum Gasteiger partial charge on any atom is -0.463 e. The summed E-state index contributed by atoms with van der Waals surface area (Å²) in [6.45, 7) is 9.01. The van der Waals surface area contributed by atoms with Gasteiger partial charge in [-0.25, -0.2) is 4.79 Å². The van der Waals surface area contributed by atoms with Crippen molar-refractivity contribution in [1.82, 2.24) is 5.32 Å². The summed E-state index contributed by atoms with van der Waals surface area (Å²) in [5, 5.41) is 2.48. The van der Waals surface area contributed by atoms with Crippen LogP contribution in [-0.4, -0.2) is 121 Å². The van der Waals surface area contributed by atoms with Crippen molar-refractivity contribution in [2.75, 3.05) is 19.8 Å². The van der Waals surface area contributed by atoms with Crippen LogP contribution in [-0.2, 0) is 66.5 Å². The molecule has 4 aliphatic heterocycles. The molecule has 0 aromatic rings. The molecule has 4 heterocycles. The van der Waals surface area contributed by atoms with Crippen LogP contribution in [0.1, 0.15) is 48.5 Å². The first kappa shape index (κ1) is 37.1. The van der Waals surface area contributed by atoms with Gasteiger partial charge < -0.3 is 57.4 Å². The number of nitrogens with one attached hydrogen (secondary N) is 1. The normalized spacial score (nSPS) is 36.1. The SMILES string of the molecule is CC(=O)OC[C@H]1OC(OC[C@H]2O[C@@H]3OC(C)(C)O[C@@H]3[C@H]3OC(C)(C)O[C@H]32)[C@H](NC(=O)OCC(Cl)(Cl)Cl)[C@@H](OC(C)=O)[C@@H]1OC(C)=O. The molecule has 0 spiro atoms.